The van der Waals surface area contributed by atoms with Crippen molar-refractivity contribution in [1.29, 1.82) is 0 Å². The van der Waals surface area contributed by atoms with Gasteiger partial charge in [0.15, 0.2) is 11.7 Å². The van der Waals surface area contributed by atoms with Crippen LogP contribution < -0.4 is 0 Å². The van der Waals surface area contributed by atoms with Crippen molar-refractivity contribution in [2.45, 2.75) is 65.3 Å². The summed E-state index contributed by atoms with van der Waals surface area (Å²) < 4.78 is 21.5. The lowest BCUT2D eigenvalue weighted by Gasteiger charge is -2.29. The van der Waals surface area contributed by atoms with Gasteiger partial charge in [-0.1, -0.05) is 0 Å². The predicted octanol–water partition coefficient (Wildman–Crippen LogP) is 3.05. The van der Waals surface area contributed by atoms with Crippen molar-refractivity contribution >= 4 is 23.5 Å². The van der Waals surface area contributed by atoms with Gasteiger partial charge in [-0.2, -0.15) is 0 Å². The summed E-state index contributed by atoms with van der Waals surface area (Å²) in [5.74, 6) is -0.891. The molecule has 0 bridgehead atoms. The van der Waals surface area contributed by atoms with E-state index < -0.39 is 17.4 Å². The van der Waals surface area contributed by atoms with Gasteiger partial charge in [0, 0.05) is 12.5 Å². The monoisotopic (exact) mass is 364 g/mol. The van der Waals surface area contributed by atoms with Crippen molar-refractivity contribution in [1.82, 2.24) is 0 Å². The van der Waals surface area contributed by atoms with Gasteiger partial charge in [0.1, 0.15) is 0 Å². The van der Waals surface area contributed by atoms with Crippen LogP contribution in [0.15, 0.2) is 0 Å². The molecule has 0 radical (unpaired) electrons. The number of hydrogen-bond acceptors (Lipinski definition) is 6. The van der Waals surface area contributed by atoms with E-state index in [9.17, 15) is 9.59 Å². The number of alkyl halides is 1. The second kappa shape index (κ2) is 10.9. The van der Waals surface area contributed by atoms with Crippen LogP contribution in [0, 0.1) is 5.41 Å². The number of hydrogen-bond donors (Lipinski definition) is 0. The quantitative estimate of drug-likeness (QED) is 0.337. The molecule has 1 heterocycles. The molecule has 0 amide bonds. The van der Waals surface area contributed by atoms with E-state index >= 15 is 0 Å². The van der Waals surface area contributed by atoms with Crippen molar-refractivity contribution in [2.75, 3.05) is 25.7 Å². The molecule has 0 spiro atoms. The van der Waals surface area contributed by atoms with E-state index in [0.29, 0.717) is 13.0 Å². The van der Waals surface area contributed by atoms with E-state index in [1.165, 1.54) is 0 Å². The highest BCUT2D eigenvalue weighted by Crippen LogP contribution is 2.29. The zero-order valence-corrected chi connectivity index (χ0v) is 15.6. The van der Waals surface area contributed by atoms with Crippen LogP contribution in [0.1, 0.15) is 52.9 Å². The van der Waals surface area contributed by atoms with Crippen molar-refractivity contribution in [3.8, 4) is 0 Å². The van der Waals surface area contributed by atoms with Gasteiger partial charge in [-0.3, -0.25) is 9.59 Å². The largest absolute Gasteiger partial charge is 0.465 e. The van der Waals surface area contributed by atoms with Gasteiger partial charge in [0.05, 0.1) is 19.3 Å². The number of carbonyl (C=O) groups excluding carboxylic acids is 2. The Hall–Kier alpha value is -0.850. The first kappa shape index (κ1) is 21.2. The van der Waals surface area contributed by atoms with Crippen LogP contribution in [-0.2, 0) is 28.5 Å². The molecule has 6 nitrogen and oxygen atoms in total. The number of esters is 2. The molecule has 140 valence electrons. The summed E-state index contributed by atoms with van der Waals surface area (Å²) >= 11 is 5.98. The second-order valence-electron chi connectivity index (χ2n) is 6.02. The van der Waals surface area contributed by atoms with Crippen LogP contribution in [0.5, 0.6) is 0 Å². The van der Waals surface area contributed by atoms with Gasteiger partial charge in [0.2, 0.25) is 0 Å². The lowest BCUT2D eigenvalue weighted by atomic mass is 9.84. The lowest BCUT2D eigenvalue weighted by molar-refractivity contribution is -0.187. The predicted molar refractivity (Wildman–Crippen MR) is 89.8 cm³/mol. The Morgan fingerprint density at radius 2 is 1.83 bits per heavy atom. The maximum Gasteiger partial charge on any atom is 0.323 e. The highest BCUT2D eigenvalue weighted by molar-refractivity contribution is 6.18. The number of carbonyl (C=O) groups is 2. The Kier molecular flexibility index (Phi) is 9.63. The number of halogens is 1. The molecule has 1 aliphatic rings. The topological polar surface area (TPSA) is 71.1 Å². The van der Waals surface area contributed by atoms with Gasteiger partial charge in [-0.15, -0.1) is 11.6 Å². The second-order valence-corrected chi connectivity index (χ2v) is 6.33. The molecule has 0 N–H and O–H groups in total. The minimum absolute atomic E-state index is 0.208. The standard InChI is InChI=1S/C17H29ClO6/c1-4-21-15(19)17(3,16(20)22-5-2)10-9-13(12-18)24-14-8-6-7-11-23-14/h13-14H,4-12H2,1-3H3/t13-,14?/m0/s1. The Bertz CT molecular complexity index is 377. The minimum atomic E-state index is -1.35. The number of rotatable bonds is 10. The summed E-state index contributed by atoms with van der Waals surface area (Å²) in [7, 11) is 0. The molecule has 0 aromatic carbocycles. The molecule has 1 fully saturated rings. The molecule has 0 aliphatic carbocycles. The molecular formula is C17H29ClO6. The summed E-state index contributed by atoms with van der Waals surface area (Å²) in [4.78, 5) is 24.5. The Morgan fingerprint density at radius 1 is 1.21 bits per heavy atom. The van der Waals surface area contributed by atoms with E-state index in [1.54, 1.807) is 20.8 Å². The Balaban J connectivity index is 2.66. The molecule has 7 heteroatoms. The molecule has 1 rings (SSSR count). The molecule has 1 aliphatic heterocycles. The van der Waals surface area contributed by atoms with Crippen LogP contribution in [0.4, 0.5) is 0 Å². The number of ether oxygens (including phenoxy) is 4. The molecule has 2 atom stereocenters. The molecule has 0 saturated carbocycles. The van der Waals surface area contributed by atoms with E-state index in [-0.39, 0.29) is 37.9 Å². The van der Waals surface area contributed by atoms with Crippen LogP contribution in [0.2, 0.25) is 0 Å². The fourth-order valence-electron chi connectivity index (χ4n) is 2.53. The van der Waals surface area contributed by atoms with E-state index in [2.05, 4.69) is 0 Å². The first-order valence-corrected chi connectivity index (χ1v) is 9.18. The molecule has 24 heavy (non-hydrogen) atoms. The third-order valence-corrected chi connectivity index (χ3v) is 4.42. The lowest BCUT2D eigenvalue weighted by Crippen LogP contribution is -2.41. The van der Waals surface area contributed by atoms with Gasteiger partial charge in [-0.25, -0.2) is 0 Å². The van der Waals surface area contributed by atoms with Gasteiger partial charge >= 0.3 is 11.9 Å². The summed E-state index contributed by atoms with van der Waals surface area (Å²) in [5.41, 5.74) is -1.35. The fourth-order valence-corrected chi connectivity index (χ4v) is 2.76. The van der Waals surface area contributed by atoms with Crippen LogP contribution in [0.3, 0.4) is 0 Å². The van der Waals surface area contributed by atoms with Gasteiger partial charge in [-0.05, 0) is 52.9 Å². The normalized spacial score (nSPS) is 19.6. The third-order valence-electron chi connectivity index (χ3n) is 4.07. The zero-order valence-electron chi connectivity index (χ0n) is 14.8. The molecule has 0 aromatic rings. The maximum absolute atomic E-state index is 12.3. The Labute approximate surface area is 149 Å². The highest BCUT2D eigenvalue weighted by Gasteiger charge is 2.44. The van der Waals surface area contributed by atoms with Crippen LogP contribution in [0.25, 0.3) is 0 Å². The van der Waals surface area contributed by atoms with Crippen LogP contribution >= 0.6 is 11.6 Å². The van der Waals surface area contributed by atoms with Crippen molar-refractivity contribution in [3.63, 3.8) is 0 Å². The molecule has 1 saturated heterocycles. The minimum Gasteiger partial charge on any atom is -0.465 e. The average molecular weight is 365 g/mol. The summed E-state index contributed by atoms with van der Waals surface area (Å²) in [6, 6.07) is 0. The average Bonchev–Trinajstić information content (AvgIpc) is 2.59. The van der Waals surface area contributed by atoms with E-state index in [4.69, 9.17) is 30.5 Å². The van der Waals surface area contributed by atoms with E-state index in [0.717, 1.165) is 19.3 Å². The summed E-state index contributed by atoms with van der Waals surface area (Å²) in [5, 5.41) is 0. The SMILES string of the molecule is CCOC(=O)C(C)(CC[C@@H](CCl)OC1CCCCO1)C(=O)OCC. The summed E-state index contributed by atoms with van der Waals surface area (Å²) in [6.45, 7) is 6.05. The van der Waals surface area contributed by atoms with Crippen molar-refractivity contribution in [3.05, 3.63) is 0 Å². The molecule has 1 unspecified atom stereocenters. The first-order chi connectivity index (χ1) is 11.5. The smallest absolute Gasteiger partial charge is 0.323 e. The van der Waals surface area contributed by atoms with Gasteiger partial charge in [0.25, 0.3) is 0 Å². The molecule has 0 aromatic heterocycles. The van der Waals surface area contributed by atoms with Crippen molar-refractivity contribution in [2.24, 2.45) is 5.41 Å². The van der Waals surface area contributed by atoms with Crippen LogP contribution in [-0.4, -0.2) is 50.0 Å². The van der Waals surface area contributed by atoms with E-state index in [1.807, 2.05) is 0 Å². The fraction of sp³-hybridized carbons (Fsp3) is 0.882. The highest BCUT2D eigenvalue weighted by atomic mass is 35.5. The first-order valence-electron chi connectivity index (χ1n) is 8.65. The summed E-state index contributed by atoms with van der Waals surface area (Å²) in [6.07, 6.45) is 3.06. The third kappa shape index (κ3) is 6.22. The van der Waals surface area contributed by atoms with Gasteiger partial charge < -0.3 is 18.9 Å². The molecular weight excluding hydrogens is 336 g/mol. The van der Waals surface area contributed by atoms with Crippen molar-refractivity contribution < 1.29 is 28.5 Å². The maximum atomic E-state index is 12.3. The Morgan fingerprint density at radius 3 is 2.29 bits per heavy atom. The zero-order chi connectivity index (χ0) is 18.0.